The molecule has 1 aliphatic heterocycles. The van der Waals surface area contributed by atoms with Gasteiger partial charge in [-0.3, -0.25) is 14.8 Å². The lowest BCUT2D eigenvalue weighted by Gasteiger charge is -2.24. The maximum atomic E-state index is 12.5. The Bertz CT molecular complexity index is 760. The molecule has 2 fully saturated rings. The smallest absolute Gasteiger partial charge is 0.238 e. The van der Waals surface area contributed by atoms with E-state index in [9.17, 15) is 4.79 Å². The van der Waals surface area contributed by atoms with Gasteiger partial charge in [-0.15, -0.1) is 0 Å². The van der Waals surface area contributed by atoms with Crippen molar-refractivity contribution in [3.8, 4) is 11.6 Å². The van der Waals surface area contributed by atoms with Crippen molar-refractivity contribution in [1.82, 2.24) is 19.9 Å². The molecular weight excluding hydrogens is 304 g/mol. The Labute approximate surface area is 140 Å². The van der Waals surface area contributed by atoms with Crippen LogP contribution in [0.4, 0.5) is 0 Å². The summed E-state index contributed by atoms with van der Waals surface area (Å²) in [6.45, 7) is 2.70. The summed E-state index contributed by atoms with van der Waals surface area (Å²) in [5, 5.41) is 0. The van der Waals surface area contributed by atoms with E-state index < -0.39 is 0 Å². The molecule has 1 saturated carbocycles. The molecule has 1 aliphatic carbocycles. The minimum atomic E-state index is 0.0177. The fourth-order valence-electron chi connectivity index (χ4n) is 3.16. The summed E-state index contributed by atoms with van der Waals surface area (Å²) in [6.07, 6.45) is 9.06. The number of carbonyl (C=O) groups excluding carboxylic acids is 1. The molecule has 1 amide bonds. The highest BCUT2D eigenvalue weighted by Gasteiger charge is 2.39. The normalized spacial score (nSPS) is 20.2. The molecule has 2 aromatic heterocycles. The van der Waals surface area contributed by atoms with E-state index in [2.05, 4.69) is 15.0 Å². The summed E-state index contributed by atoms with van der Waals surface area (Å²) in [7, 11) is 0. The van der Waals surface area contributed by atoms with E-state index in [-0.39, 0.29) is 17.9 Å². The average molecular weight is 324 g/mol. The lowest BCUT2D eigenvalue weighted by molar-refractivity contribution is -0.133. The van der Waals surface area contributed by atoms with Gasteiger partial charge in [-0.25, -0.2) is 4.98 Å². The summed E-state index contributed by atoms with van der Waals surface area (Å²) in [6, 6.07) is 3.70. The molecule has 1 unspecified atom stereocenters. The van der Waals surface area contributed by atoms with Crippen LogP contribution in [0, 0.1) is 12.8 Å². The van der Waals surface area contributed by atoms with Crippen molar-refractivity contribution in [2.75, 3.05) is 6.54 Å². The minimum absolute atomic E-state index is 0.0177. The maximum absolute atomic E-state index is 12.5. The molecule has 6 nitrogen and oxygen atoms in total. The van der Waals surface area contributed by atoms with Gasteiger partial charge in [-0.1, -0.05) is 0 Å². The zero-order valence-corrected chi connectivity index (χ0v) is 13.7. The predicted molar refractivity (Wildman–Crippen MR) is 87.5 cm³/mol. The third-order valence-electron chi connectivity index (χ3n) is 4.61. The highest BCUT2D eigenvalue weighted by atomic mass is 16.5. The van der Waals surface area contributed by atoms with Crippen molar-refractivity contribution >= 4 is 5.91 Å². The van der Waals surface area contributed by atoms with Crippen LogP contribution in [0.3, 0.4) is 0 Å². The summed E-state index contributed by atoms with van der Waals surface area (Å²) in [5.41, 5.74) is 1.61. The number of aromatic nitrogens is 3. The van der Waals surface area contributed by atoms with Crippen molar-refractivity contribution in [3.63, 3.8) is 0 Å². The number of aryl methyl sites for hydroxylation is 1. The van der Waals surface area contributed by atoms with E-state index in [0.29, 0.717) is 11.6 Å². The molecule has 124 valence electrons. The Kier molecular flexibility index (Phi) is 3.88. The van der Waals surface area contributed by atoms with Gasteiger partial charge < -0.3 is 9.64 Å². The molecule has 0 N–H and O–H groups in total. The first-order valence-electron chi connectivity index (χ1n) is 8.44. The van der Waals surface area contributed by atoms with Gasteiger partial charge in [-0.2, -0.15) is 0 Å². The lowest BCUT2D eigenvalue weighted by atomic mass is 10.1. The zero-order chi connectivity index (χ0) is 16.5. The van der Waals surface area contributed by atoms with Crippen molar-refractivity contribution in [2.24, 2.45) is 5.92 Å². The van der Waals surface area contributed by atoms with E-state index >= 15 is 0 Å². The van der Waals surface area contributed by atoms with Gasteiger partial charge in [0, 0.05) is 18.7 Å². The third-order valence-corrected chi connectivity index (χ3v) is 4.61. The highest BCUT2D eigenvalue weighted by Crippen LogP contribution is 2.38. The molecule has 0 aromatic carbocycles. The van der Waals surface area contributed by atoms with Crippen LogP contribution in [0.2, 0.25) is 0 Å². The fraction of sp³-hybridized carbons (Fsp3) is 0.444. The summed E-state index contributed by atoms with van der Waals surface area (Å²) in [5.74, 6) is 1.61. The van der Waals surface area contributed by atoms with Crippen LogP contribution < -0.4 is 4.74 Å². The van der Waals surface area contributed by atoms with Crippen LogP contribution >= 0.6 is 0 Å². The quantitative estimate of drug-likeness (QED) is 0.864. The molecule has 0 bridgehead atoms. The second-order valence-corrected chi connectivity index (χ2v) is 6.44. The number of amides is 1. The van der Waals surface area contributed by atoms with Crippen LogP contribution in [0.1, 0.15) is 43.1 Å². The standard InChI is InChI=1S/C18H20N4O2/c1-12-16(5-2-8-20-12)24-17-11-19-10-14(21-17)15-4-3-9-22(15)18(23)13-6-7-13/h2,5,8,10-11,13,15H,3-4,6-7,9H2,1H3. The van der Waals surface area contributed by atoms with Gasteiger partial charge in [0.15, 0.2) is 5.75 Å². The predicted octanol–water partition coefficient (Wildman–Crippen LogP) is 3.05. The number of hydrogen-bond acceptors (Lipinski definition) is 5. The molecule has 4 rings (SSSR count). The second kappa shape index (κ2) is 6.19. The first kappa shape index (κ1) is 15.1. The summed E-state index contributed by atoms with van der Waals surface area (Å²) < 4.78 is 5.83. The van der Waals surface area contributed by atoms with Gasteiger partial charge in [0.05, 0.1) is 29.8 Å². The number of ether oxygens (including phenoxy) is 1. The Hall–Kier alpha value is -2.50. The number of rotatable bonds is 4. The second-order valence-electron chi connectivity index (χ2n) is 6.44. The van der Waals surface area contributed by atoms with Gasteiger partial charge in [-0.05, 0) is 44.7 Å². The number of carbonyl (C=O) groups is 1. The SMILES string of the molecule is Cc1ncccc1Oc1cncc(C2CCCN2C(=O)C2CC2)n1. The van der Waals surface area contributed by atoms with E-state index in [4.69, 9.17) is 4.74 Å². The molecule has 0 radical (unpaired) electrons. The van der Waals surface area contributed by atoms with E-state index in [1.807, 2.05) is 24.0 Å². The largest absolute Gasteiger partial charge is 0.436 e. The minimum Gasteiger partial charge on any atom is -0.436 e. The van der Waals surface area contributed by atoms with Crippen LogP contribution in [0.5, 0.6) is 11.6 Å². The van der Waals surface area contributed by atoms with Crippen molar-refractivity contribution in [1.29, 1.82) is 0 Å². The number of pyridine rings is 1. The zero-order valence-electron chi connectivity index (χ0n) is 13.7. The number of hydrogen-bond donors (Lipinski definition) is 0. The highest BCUT2D eigenvalue weighted by molar-refractivity contribution is 5.81. The number of likely N-dealkylation sites (tertiary alicyclic amines) is 1. The van der Waals surface area contributed by atoms with Crippen molar-refractivity contribution in [3.05, 3.63) is 42.1 Å². The number of nitrogens with zero attached hydrogens (tertiary/aromatic N) is 4. The molecule has 1 atom stereocenters. The molecule has 24 heavy (non-hydrogen) atoms. The molecule has 3 heterocycles. The van der Waals surface area contributed by atoms with Gasteiger partial charge in [0.2, 0.25) is 11.8 Å². The molecular formula is C18H20N4O2. The third kappa shape index (κ3) is 2.96. The van der Waals surface area contributed by atoms with Crippen LogP contribution in [0.15, 0.2) is 30.7 Å². The van der Waals surface area contributed by atoms with Gasteiger partial charge in [0.1, 0.15) is 0 Å². The van der Waals surface area contributed by atoms with E-state index in [1.54, 1.807) is 18.6 Å². The van der Waals surface area contributed by atoms with Crippen molar-refractivity contribution < 1.29 is 9.53 Å². The Morgan fingerprint density at radius 2 is 2.17 bits per heavy atom. The van der Waals surface area contributed by atoms with E-state index in [0.717, 1.165) is 43.6 Å². The van der Waals surface area contributed by atoms with Gasteiger partial charge >= 0.3 is 0 Å². The topological polar surface area (TPSA) is 68.2 Å². The first-order valence-corrected chi connectivity index (χ1v) is 8.44. The molecule has 2 aromatic rings. The monoisotopic (exact) mass is 324 g/mol. The molecule has 2 aliphatic rings. The van der Waals surface area contributed by atoms with Crippen LogP contribution in [-0.2, 0) is 4.79 Å². The van der Waals surface area contributed by atoms with E-state index in [1.165, 1.54) is 0 Å². The summed E-state index contributed by atoms with van der Waals surface area (Å²) in [4.78, 5) is 27.5. The molecule has 6 heteroatoms. The fourth-order valence-corrected chi connectivity index (χ4v) is 3.16. The molecule has 1 saturated heterocycles. The van der Waals surface area contributed by atoms with Crippen LogP contribution in [0.25, 0.3) is 0 Å². The first-order chi connectivity index (χ1) is 11.7. The van der Waals surface area contributed by atoms with Crippen LogP contribution in [-0.4, -0.2) is 32.3 Å². The lowest BCUT2D eigenvalue weighted by Crippen LogP contribution is -2.32. The molecule has 0 spiro atoms. The Balaban J connectivity index is 1.56. The van der Waals surface area contributed by atoms with Crippen molar-refractivity contribution in [2.45, 2.75) is 38.6 Å². The maximum Gasteiger partial charge on any atom is 0.238 e. The Morgan fingerprint density at radius 3 is 2.96 bits per heavy atom. The average Bonchev–Trinajstić information content (AvgIpc) is 3.33. The summed E-state index contributed by atoms with van der Waals surface area (Å²) >= 11 is 0. The van der Waals surface area contributed by atoms with Gasteiger partial charge in [0.25, 0.3) is 0 Å². The Morgan fingerprint density at radius 1 is 1.29 bits per heavy atom.